The Morgan fingerprint density at radius 1 is 1.29 bits per heavy atom. The van der Waals surface area contributed by atoms with Crippen LogP contribution in [-0.2, 0) is 13.0 Å². The molecule has 28 heavy (non-hydrogen) atoms. The van der Waals surface area contributed by atoms with Crippen molar-refractivity contribution < 1.29 is 13.7 Å². The number of hydrogen-bond acceptors (Lipinski definition) is 4. The summed E-state index contributed by atoms with van der Waals surface area (Å²) in [6, 6.07) is 8.30. The molecule has 1 aromatic carbocycles. The molecular weight excluding hydrogens is 359 g/mol. The van der Waals surface area contributed by atoms with E-state index in [0.29, 0.717) is 42.7 Å². The second kappa shape index (κ2) is 7.58. The predicted molar refractivity (Wildman–Crippen MR) is 102 cm³/mol. The van der Waals surface area contributed by atoms with Crippen LogP contribution < -0.4 is 5.32 Å². The molecule has 1 fully saturated rings. The van der Waals surface area contributed by atoms with E-state index in [9.17, 15) is 9.18 Å². The van der Waals surface area contributed by atoms with E-state index < -0.39 is 0 Å². The highest BCUT2D eigenvalue weighted by atomic mass is 19.1. The zero-order chi connectivity index (χ0) is 19.7. The van der Waals surface area contributed by atoms with E-state index in [1.807, 2.05) is 19.9 Å². The Kier molecular flexibility index (Phi) is 4.98. The van der Waals surface area contributed by atoms with Crippen LogP contribution in [-0.4, -0.2) is 27.2 Å². The van der Waals surface area contributed by atoms with Gasteiger partial charge in [0.1, 0.15) is 5.82 Å². The van der Waals surface area contributed by atoms with Crippen LogP contribution in [0.2, 0.25) is 0 Å². The number of carbonyl (C=O) groups excluding carboxylic acids is 1. The molecule has 1 aliphatic rings. The number of halogens is 1. The Morgan fingerprint density at radius 2 is 2.04 bits per heavy atom. The smallest absolute Gasteiger partial charge is 0.253 e. The molecule has 1 saturated carbocycles. The maximum atomic E-state index is 13.1. The number of carbonyl (C=O) groups is 1. The van der Waals surface area contributed by atoms with Crippen LogP contribution in [0.3, 0.4) is 0 Å². The number of nitrogens with zero attached hydrogens (tertiary/aromatic N) is 3. The quantitative estimate of drug-likeness (QED) is 0.679. The molecule has 4 rings (SSSR count). The zero-order valence-corrected chi connectivity index (χ0v) is 16.0. The summed E-state index contributed by atoms with van der Waals surface area (Å²) in [7, 11) is 0. The van der Waals surface area contributed by atoms with Gasteiger partial charge in [0.05, 0.1) is 5.56 Å². The number of nitrogens with one attached hydrogen (secondary N) is 1. The lowest BCUT2D eigenvalue weighted by Gasteiger charge is -2.10. The van der Waals surface area contributed by atoms with Gasteiger partial charge in [0.25, 0.3) is 5.91 Å². The van der Waals surface area contributed by atoms with Gasteiger partial charge < -0.3 is 14.4 Å². The van der Waals surface area contributed by atoms with Crippen molar-refractivity contribution in [2.75, 3.05) is 6.54 Å². The first kappa shape index (κ1) is 18.4. The van der Waals surface area contributed by atoms with E-state index in [1.54, 1.807) is 12.1 Å². The van der Waals surface area contributed by atoms with E-state index in [0.717, 1.165) is 29.8 Å². The molecule has 0 radical (unpaired) electrons. The van der Waals surface area contributed by atoms with E-state index in [-0.39, 0.29) is 11.7 Å². The summed E-state index contributed by atoms with van der Waals surface area (Å²) in [6.07, 6.45) is 2.77. The minimum absolute atomic E-state index is 0.121. The third-order valence-electron chi connectivity index (χ3n) is 5.12. The standard InChI is InChI=1S/C21H23FN4O2/c1-13-11-18(14(2)26(13)12-15-3-7-17(22)8-4-15)20(27)23-10-9-19-24-21(28-25-19)16-5-6-16/h3-4,7-8,11,16H,5-6,9-10,12H2,1-2H3,(H,23,27). The molecule has 0 spiro atoms. The minimum atomic E-state index is -0.254. The summed E-state index contributed by atoms with van der Waals surface area (Å²) in [4.78, 5) is 17.0. The van der Waals surface area contributed by atoms with E-state index in [4.69, 9.17) is 4.52 Å². The second-order valence-electron chi connectivity index (χ2n) is 7.33. The van der Waals surface area contributed by atoms with Gasteiger partial charge >= 0.3 is 0 Å². The molecule has 7 heteroatoms. The molecule has 1 amide bonds. The van der Waals surface area contributed by atoms with Gasteiger partial charge in [-0.1, -0.05) is 17.3 Å². The van der Waals surface area contributed by atoms with E-state index in [1.165, 1.54) is 12.1 Å². The van der Waals surface area contributed by atoms with Gasteiger partial charge in [-0.2, -0.15) is 4.98 Å². The van der Waals surface area contributed by atoms with Gasteiger partial charge in [-0.3, -0.25) is 4.79 Å². The van der Waals surface area contributed by atoms with Crippen LogP contribution in [0.25, 0.3) is 0 Å². The van der Waals surface area contributed by atoms with Crippen LogP contribution in [0.5, 0.6) is 0 Å². The highest BCUT2D eigenvalue weighted by Gasteiger charge is 2.29. The summed E-state index contributed by atoms with van der Waals surface area (Å²) in [5.74, 6) is 1.40. The first-order valence-corrected chi connectivity index (χ1v) is 9.53. The Labute approximate surface area is 162 Å². The average molecular weight is 382 g/mol. The van der Waals surface area contributed by atoms with Crippen LogP contribution >= 0.6 is 0 Å². The largest absolute Gasteiger partial charge is 0.352 e. The topological polar surface area (TPSA) is 73.0 Å². The summed E-state index contributed by atoms with van der Waals surface area (Å²) < 4.78 is 20.4. The average Bonchev–Trinajstić information content (AvgIpc) is 3.36. The molecular formula is C21H23FN4O2. The maximum absolute atomic E-state index is 13.1. The highest BCUT2D eigenvalue weighted by Crippen LogP contribution is 2.38. The Bertz CT molecular complexity index is 987. The van der Waals surface area contributed by atoms with Crippen molar-refractivity contribution >= 4 is 5.91 Å². The molecule has 6 nitrogen and oxygen atoms in total. The van der Waals surface area contributed by atoms with Gasteiger partial charge in [-0.15, -0.1) is 0 Å². The van der Waals surface area contributed by atoms with E-state index >= 15 is 0 Å². The van der Waals surface area contributed by atoms with Gasteiger partial charge in [-0.05, 0) is 50.5 Å². The lowest BCUT2D eigenvalue weighted by molar-refractivity contribution is 0.0953. The van der Waals surface area contributed by atoms with E-state index in [2.05, 4.69) is 20.0 Å². The van der Waals surface area contributed by atoms with Gasteiger partial charge in [0.15, 0.2) is 5.82 Å². The molecule has 1 aliphatic carbocycles. The molecule has 1 N–H and O–H groups in total. The van der Waals surface area contributed by atoms with Crippen molar-refractivity contribution in [1.82, 2.24) is 20.0 Å². The Hall–Kier alpha value is -2.96. The lowest BCUT2D eigenvalue weighted by atomic mass is 10.2. The SMILES string of the molecule is Cc1cc(C(=O)NCCc2noc(C3CC3)n2)c(C)n1Cc1ccc(F)cc1. The molecule has 2 heterocycles. The van der Waals surface area contributed by atoms with Gasteiger partial charge in [0.2, 0.25) is 5.89 Å². The summed E-state index contributed by atoms with van der Waals surface area (Å²) in [5, 5.41) is 6.90. The highest BCUT2D eigenvalue weighted by molar-refractivity contribution is 5.95. The summed E-state index contributed by atoms with van der Waals surface area (Å²) in [6.45, 7) is 4.93. The number of benzene rings is 1. The first-order chi connectivity index (χ1) is 13.5. The zero-order valence-electron chi connectivity index (χ0n) is 16.0. The lowest BCUT2D eigenvalue weighted by Crippen LogP contribution is -2.26. The minimum Gasteiger partial charge on any atom is -0.352 e. The third-order valence-corrected chi connectivity index (χ3v) is 5.12. The predicted octanol–water partition coefficient (Wildman–Crippen LogP) is 3.53. The fourth-order valence-corrected chi connectivity index (χ4v) is 3.29. The number of hydrogen-bond donors (Lipinski definition) is 1. The molecule has 0 saturated heterocycles. The molecule has 0 unspecified atom stereocenters. The Morgan fingerprint density at radius 3 is 2.75 bits per heavy atom. The van der Waals surface area contributed by atoms with Crippen molar-refractivity contribution in [3.63, 3.8) is 0 Å². The molecule has 0 bridgehead atoms. The number of aryl methyl sites for hydroxylation is 1. The van der Waals surface area contributed by atoms with Crippen LogP contribution in [0.4, 0.5) is 4.39 Å². The first-order valence-electron chi connectivity index (χ1n) is 9.53. The van der Waals surface area contributed by atoms with Crippen molar-refractivity contribution in [1.29, 1.82) is 0 Å². The number of aromatic nitrogens is 3. The van der Waals surface area contributed by atoms with Crippen LogP contribution in [0.1, 0.15) is 57.8 Å². The van der Waals surface area contributed by atoms with Crippen LogP contribution in [0, 0.1) is 19.7 Å². The molecule has 2 aromatic heterocycles. The van der Waals surface area contributed by atoms with Crippen LogP contribution in [0.15, 0.2) is 34.9 Å². The maximum Gasteiger partial charge on any atom is 0.253 e. The third kappa shape index (κ3) is 3.98. The van der Waals surface area contributed by atoms with Gasteiger partial charge in [0, 0.05) is 36.8 Å². The molecule has 0 aliphatic heterocycles. The fourth-order valence-electron chi connectivity index (χ4n) is 3.29. The Balaban J connectivity index is 1.37. The molecule has 3 aromatic rings. The fraction of sp³-hybridized carbons (Fsp3) is 0.381. The normalized spacial score (nSPS) is 13.7. The molecule has 0 atom stereocenters. The summed E-state index contributed by atoms with van der Waals surface area (Å²) >= 11 is 0. The second-order valence-corrected chi connectivity index (χ2v) is 7.33. The van der Waals surface area contributed by atoms with Gasteiger partial charge in [-0.25, -0.2) is 4.39 Å². The number of rotatable bonds is 7. The van der Waals surface area contributed by atoms with Crippen molar-refractivity contribution in [3.05, 3.63) is 70.4 Å². The van der Waals surface area contributed by atoms with Crippen molar-refractivity contribution in [2.24, 2.45) is 0 Å². The monoisotopic (exact) mass is 382 g/mol. The number of amides is 1. The summed E-state index contributed by atoms with van der Waals surface area (Å²) in [5.41, 5.74) is 3.50. The molecule has 146 valence electrons. The van der Waals surface area contributed by atoms with Crippen molar-refractivity contribution in [3.8, 4) is 0 Å². The van der Waals surface area contributed by atoms with Crippen molar-refractivity contribution in [2.45, 2.75) is 45.6 Å².